The number of nitrogens with zero attached hydrogens (tertiary/aromatic N) is 1. The summed E-state index contributed by atoms with van der Waals surface area (Å²) in [6, 6.07) is 11.6. The molecule has 0 radical (unpaired) electrons. The Morgan fingerprint density at radius 2 is 1.81 bits per heavy atom. The number of aliphatic hydroxyl groups is 1. The van der Waals surface area contributed by atoms with Crippen molar-refractivity contribution in [2.45, 2.75) is 88.6 Å². The number of hydrogen-bond acceptors (Lipinski definition) is 3. The fourth-order valence-electron chi connectivity index (χ4n) is 7.89. The Balaban J connectivity index is 1.49. The van der Waals surface area contributed by atoms with Crippen molar-refractivity contribution in [3.8, 4) is 6.07 Å². The lowest BCUT2D eigenvalue weighted by Crippen LogP contribution is -2.51. The Morgan fingerprint density at radius 3 is 2.53 bits per heavy atom. The summed E-state index contributed by atoms with van der Waals surface area (Å²) in [4.78, 5) is 12.2. The van der Waals surface area contributed by atoms with E-state index in [-0.39, 0.29) is 23.5 Å². The van der Waals surface area contributed by atoms with E-state index in [9.17, 15) is 15.2 Å². The number of fused-ring (bicyclic) bond motifs is 4. The number of carbonyl (C=O) groups is 1. The Bertz CT molecular complexity index is 1070. The van der Waals surface area contributed by atoms with Crippen molar-refractivity contribution < 1.29 is 9.90 Å². The molecule has 5 atom stereocenters. The number of nitriles is 1. The molecule has 32 heavy (non-hydrogen) atoms. The first kappa shape index (κ1) is 20.4. The smallest absolute Gasteiger partial charge is 0.156 e. The van der Waals surface area contributed by atoms with Crippen LogP contribution in [0.2, 0.25) is 0 Å². The van der Waals surface area contributed by atoms with Crippen molar-refractivity contribution in [3.05, 3.63) is 58.2 Å². The van der Waals surface area contributed by atoms with Gasteiger partial charge in [-0.3, -0.25) is 4.79 Å². The summed E-state index contributed by atoms with van der Waals surface area (Å²) >= 11 is 0. The highest BCUT2D eigenvalue weighted by molar-refractivity contribution is 5.93. The highest BCUT2D eigenvalue weighted by Crippen LogP contribution is 2.67. The van der Waals surface area contributed by atoms with Crippen LogP contribution in [0, 0.1) is 28.6 Å². The third-order valence-electron chi connectivity index (χ3n) is 9.82. The molecule has 5 aliphatic rings. The van der Waals surface area contributed by atoms with Gasteiger partial charge in [-0.1, -0.05) is 36.8 Å². The molecule has 0 aliphatic heterocycles. The molecule has 1 N–H and O–H groups in total. The molecular weight excluding hydrogens is 394 g/mol. The molecule has 6 rings (SSSR count). The maximum Gasteiger partial charge on any atom is 0.156 e. The Kier molecular flexibility index (Phi) is 4.57. The van der Waals surface area contributed by atoms with Gasteiger partial charge >= 0.3 is 0 Å². The first-order valence-corrected chi connectivity index (χ1v) is 12.6. The first-order valence-electron chi connectivity index (χ1n) is 12.6. The van der Waals surface area contributed by atoms with Gasteiger partial charge in [0, 0.05) is 17.8 Å². The van der Waals surface area contributed by atoms with E-state index in [0.29, 0.717) is 18.3 Å². The third kappa shape index (κ3) is 2.92. The van der Waals surface area contributed by atoms with Crippen LogP contribution in [0.4, 0.5) is 0 Å². The Labute approximate surface area is 191 Å². The predicted octanol–water partition coefficient (Wildman–Crippen LogP) is 6.11. The summed E-state index contributed by atoms with van der Waals surface area (Å²) in [5, 5.41) is 21.2. The van der Waals surface area contributed by atoms with E-state index in [1.54, 1.807) is 5.57 Å². The minimum Gasteiger partial charge on any atom is -0.388 e. The zero-order valence-corrected chi connectivity index (χ0v) is 19.1. The molecule has 0 bridgehead atoms. The van der Waals surface area contributed by atoms with Crippen LogP contribution in [-0.2, 0) is 4.79 Å². The van der Waals surface area contributed by atoms with E-state index in [2.05, 4.69) is 37.3 Å². The molecule has 0 unspecified atom stereocenters. The number of ketones is 1. The zero-order chi connectivity index (χ0) is 22.1. The van der Waals surface area contributed by atoms with Crippen LogP contribution in [0.25, 0.3) is 0 Å². The average Bonchev–Trinajstić information content (AvgIpc) is 3.59. The van der Waals surface area contributed by atoms with Crippen molar-refractivity contribution in [2.75, 3.05) is 0 Å². The minimum atomic E-state index is -0.895. The average molecular weight is 428 g/mol. The lowest BCUT2D eigenvalue weighted by Gasteiger charge is -2.54. The SMILES string of the molecule is C[C@]12C[C@H](c3ccc(C4CC4)cc3)C3=C4CCC(=O)C=C4CC[C@H]3[C@@H]1CC[C@@]2(O)CC#N. The van der Waals surface area contributed by atoms with Crippen molar-refractivity contribution >= 4 is 5.78 Å². The number of carbonyl (C=O) groups excluding carboxylic acids is 1. The second-order valence-corrected chi connectivity index (χ2v) is 11.3. The Morgan fingerprint density at radius 1 is 1.06 bits per heavy atom. The highest BCUT2D eigenvalue weighted by atomic mass is 16.3. The molecular formula is C29H33NO2. The molecule has 3 fully saturated rings. The van der Waals surface area contributed by atoms with Crippen LogP contribution < -0.4 is 0 Å². The van der Waals surface area contributed by atoms with Crippen LogP contribution in [0.3, 0.4) is 0 Å². The Hall–Kier alpha value is -2.18. The molecule has 3 nitrogen and oxygen atoms in total. The monoisotopic (exact) mass is 427 g/mol. The largest absolute Gasteiger partial charge is 0.388 e. The number of rotatable bonds is 3. The maximum absolute atomic E-state index is 12.2. The zero-order valence-electron chi connectivity index (χ0n) is 19.1. The number of allylic oxidation sites excluding steroid dienone is 4. The van der Waals surface area contributed by atoms with Gasteiger partial charge in [0.25, 0.3) is 0 Å². The highest BCUT2D eigenvalue weighted by Gasteiger charge is 2.62. The van der Waals surface area contributed by atoms with Crippen LogP contribution in [0.1, 0.15) is 94.1 Å². The summed E-state index contributed by atoms with van der Waals surface area (Å²) in [5.41, 5.74) is 5.97. The summed E-state index contributed by atoms with van der Waals surface area (Å²) in [6.45, 7) is 2.27. The van der Waals surface area contributed by atoms with Crippen molar-refractivity contribution in [1.82, 2.24) is 0 Å². The molecule has 0 heterocycles. The van der Waals surface area contributed by atoms with E-state index >= 15 is 0 Å². The third-order valence-corrected chi connectivity index (χ3v) is 9.82. The molecule has 0 spiro atoms. The predicted molar refractivity (Wildman–Crippen MR) is 124 cm³/mol. The van der Waals surface area contributed by atoms with E-state index in [1.165, 1.54) is 35.1 Å². The summed E-state index contributed by atoms with van der Waals surface area (Å²) in [6.07, 6.45) is 10.9. The van der Waals surface area contributed by atoms with Crippen LogP contribution in [-0.4, -0.2) is 16.5 Å². The van der Waals surface area contributed by atoms with E-state index in [0.717, 1.165) is 44.4 Å². The minimum absolute atomic E-state index is 0.228. The fourth-order valence-corrected chi connectivity index (χ4v) is 7.89. The van der Waals surface area contributed by atoms with Gasteiger partial charge in [0.1, 0.15) is 0 Å². The quantitative estimate of drug-likeness (QED) is 0.633. The van der Waals surface area contributed by atoms with Crippen molar-refractivity contribution in [3.63, 3.8) is 0 Å². The van der Waals surface area contributed by atoms with E-state index in [1.807, 2.05) is 6.08 Å². The van der Waals surface area contributed by atoms with Crippen LogP contribution in [0.5, 0.6) is 0 Å². The summed E-state index contributed by atoms with van der Waals surface area (Å²) < 4.78 is 0. The van der Waals surface area contributed by atoms with Crippen molar-refractivity contribution in [2.24, 2.45) is 17.3 Å². The summed E-state index contributed by atoms with van der Waals surface area (Å²) in [5.74, 6) is 2.17. The maximum atomic E-state index is 12.2. The van der Waals surface area contributed by atoms with Gasteiger partial charge in [-0.05, 0) is 97.5 Å². The van der Waals surface area contributed by atoms with Crippen molar-refractivity contribution in [1.29, 1.82) is 5.26 Å². The van der Waals surface area contributed by atoms with Crippen LogP contribution in [0.15, 0.2) is 47.1 Å². The van der Waals surface area contributed by atoms with Gasteiger partial charge in [0.05, 0.1) is 18.1 Å². The summed E-state index contributed by atoms with van der Waals surface area (Å²) in [7, 11) is 0. The molecule has 3 saturated carbocycles. The van der Waals surface area contributed by atoms with Gasteiger partial charge < -0.3 is 5.11 Å². The number of benzene rings is 1. The molecule has 3 heteroatoms. The fraction of sp³-hybridized carbons (Fsp3) is 0.586. The normalized spacial score (nSPS) is 38.5. The van der Waals surface area contributed by atoms with Gasteiger partial charge in [0.15, 0.2) is 5.78 Å². The standard InChI is InChI=1S/C29H33NO2/c1-28-17-25(20-6-4-19(5-7-20)18-2-3-18)27-23-11-9-22(31)16-21(23)8-10-24(27)26(28)12-13-29(28,32)14-15-30/h4-7,16,18,24-26,32H,2-3,8-14,17H2,1H3/t24-,25+,26-,28-,29+/m0/s1. The van der Waals surface area contributed by atoms with Crippen LogP contribution >= 0.6 is 0 Å². The molecule has 5 aliphatic carbocycles. The molecule has 166 valence electrons. The van der Waals surface area contributed by atoms with Gasteiger partial charge in [0.2, 0.25) is 0 Å². The van der Waals surface area contributed by atoms with Gasteiger partial charge in [-0.25, -0.2) is 0 Å². The molecule has 0 aromatic heterocycles. The first-order chi connectivity index (χ1) is 15.4. The van der Waals surface area contributed by atoms with E-state index < -0.39 is 5.60 Å². The van der Waals surface area contributed by atoms with E-state index in [4.69, 9.17) is 0 Å². The topological polar surface area (TPSA) is 61.1 Å². The second-order valence-electron chi connectivity index (χ2n) is 11.3. The molecule has 0 saturated heterocycles. The lowest BCUT2D eigenvalue weighted by atomic mass is 9.51. The second kappa shape index (κ2) is 7.16. The van der Waals surface area contributed by atoms with Gasteiger partial charge in [-0.15, -0.1) is 0 Å². The molecule has 0 amide bonds. The lowest BCUT2D eigenvalue weighted by molar-refractivity contribution is -0.114. The van der Waals surface area contributed by atoms with Gasteiger partial charge in [-0.2, -0.15) is 5.26 Å². The number of hydrogen-bond donors (Lipinski definition) is 1. The molecule has 1 aromatic rings. The molecule has 1 aromatic carbocycles.